The molecule has 0 heterocycles. The van der Waals surface area contributed by atoms with E-state index in [-0.39, 0.29) is 12.1 Å². The number of amides is 2. The predicted molar refractivity (Wildman–Crippen MR) is 100 cm³/mol. The van der Waals surface area contributed by atoms with Crippen molar-refractivity contribution < 1.29 is 19.0 Å². The van der Waals surface area contributed by atoms with Crippen molar-refractivity contribution in [2.24, 2.45) is 11.8 Å². The zero-order valence-electron chi connectivity index (χ0n) is 16.4. The molecule has 0 bridgehead atoms. The first-order chi connectivity index (χ1) is 12.5. The predicted octanol–water partition coefficient (Wildman–Crippen LogP) is 3.60. The number of methoxy groups -OCH3 is 3. The second-order valence-electron chi connectivity index (χ2n) is 7.41. The Hall–Kier alpha value is -2.11. The van der Waals surface area contributed by atoms with Crippen LogP contribution in [0.2, 0.25) is 0 Å². The van der Waals surface area contributed by atoms with Gasteiger partial charge in [-0.2, -0.15) is 0 Å². The van der Waals surface area contributed by atoms with Gasteiger partial charge in [0.1, 0.15) is 0 Å². The van der Waals surface area contributed by atoms with Crippen molar-refractivity contribution in [2.45, 2.75) is 44.7 Å². The summed E-state index contributed by atoms with van der Waals surface area (Å²) >= 11 is 0. The number of nitrogens with one attached hydrogen (secondary N) is 1. The summed E-state index contributed by atoms with van der Waals surface area (Å²) in [6.45, 7) is 1.97. The Bertz CT molecular complexity index is 618. The highest BCUT2D eigenvalue weighted by Gasteiger charge is 2.45. The molecule has 2 fully saturated rings. The molecule has 2 aliphatic carbocycles. The van der Waals surface area contributed by atoms with E-state index < -0.39 is 0 Å². The Morgan fingerprint density at radius 2 is 1.54 bits per heavy atom. The highest BCUT2D eigenvalue weighted by atomic mass is 16.5. The van der Waals surface area contributed by atoms with Crippen LogP contribution in [0.5, 0.6) is 17.2 Å². The van der Waals surface area contributed by atoms with Crippen LogP contribution in [0, 0.1) is 11.8 Å². The van der Waals surface area contributed by atoms with Crippen LogP contribution >= 0.6 is 0 Å². The molecular weight excluding hydrogens is 332 g/mol. The van der Waals surface area contributed by atoms with E-state index in [4.69, 9.17) is 14.2 Å². The molecule has 0 radical (unpaired) electrons. The van der Waals surface area contributed by atoms with E-state index >= 15 is 0 Å². The Labute approximate surface area is 155 Å². The molecule has 1 aromatic rings. The van der Waals surface area contributed by atoms with Gasteiger partial charge in [0.15, 0.2) is 11.5 Å². The maximum absolute atomic E-state index is 12.8. The van der Waals surface area contributed by atoms with Gasteiger partial charge >= 0.3 is 6.03 Å². The Morgan fingerprint density at radius 1 is 1.04 bits per heavy atom. The number of benzene rings is 1. The molecule has 3 rings (SSSR count). The number of urea groups is 1. The summed E-state index contributed by atoms with van der Waals surface area (Å²) in [5.74, 6) is 3.11. The van der Waals surface area contributed by atoms with Gasteiger partial charge in [0.2, 0.25) is 5.75 Å². The number of rotatable bonds is 8. The minimum absolute atomic E-state index is 0.0185. The van der Waals surface area contributed by atoms with Gasteiger partial charge in [-0.15, -0.1) is 0 Å². The van der Waals surface area contributed by atoms with Crippen molar-refractivity contribution >= 4 is 6.03 Å². The molecule has 1 aromatic carbocycles. The van der Waals surface area contributed by atoms with Gasteiger partial charge in [0.05, 0.1) is 27.4 Å². The van der Waals surface area contributed by atoms with Gasteiger partial charge in [0, 0.05) is 13.1 Å². The number of nitrogens with zero attached hydrogens (tertiary/aromatic N) is 1. The number of carbonyl (C=O) groups excluding carboxylic acids is 1. The van der Waals surface area contributed by atoms with Crippen LogP contribution in [0.1, 0.15) is 44.2 Å². The van der Waals surface area contributed by atoms with Crippen LogP contribution < -0.4 is 19.5 Å². The van der Waals surface area contributed by atoms with Gasteiger partial charge in [-0.05, 0) is 62.1 Å². The van der Waals surface area contributed by atoms with Gasteiger partial charge in [-0.1, -0.05) is 0 Å². The number of hydrogen-bond acceptors (Lipinski definition) is 4. The summed E-state index contributed by atoms with van der Waals surface area (Å²) in [5, 5.41) is 3.12. The maximum atomic E-state index is 12.8. The SMILES string of the molecule is COc1cc(C(C)NC(=O)N(C)C(C2CC2)C2CC2)cc(OC)c1OC. The third-order valence-electron chi connectivity index (χ3n) is 5.50. The molecule has 1 N–H and O–H groups in total. The summed E-state index contributed by atoms with van der Waals surface area (Å²) in [6, 6.07) is 3.96. The quantitative estimate of drug-likeness (QED) is 0.767. The third kappa shape index (κ3) is 3.84. The molecule has 1 atom stereocenters. The van der Waals surface area contributed by atoms with Gasteiger partial charge in [0.25, 0.3) is 0 Å². The van der Waals surface area contributed by atoms with Crippen LogP contribution in [-0.2, 0) is 0 Å². The Kier molecular flexibility index (Phi) is 5.49. The van der Waals surface area contributed by atoms with Crippen molar-refractivity contribution in [1.82, 2.24) is 10.2 Å². The normalized spacial score (nSPS) is 17.6. The lowest BCUT2D eigenvalue weighted by atomic mass is 10.1. The highest BCUT2D eigenvalue weighted by Crippen LogP contribution is 2.47. The first kappa shape index (κ1) is 18.7. The number of carbonyl (C=O) groups is 1. The Balaban J connectivity index is 1.72. The zero-order chi connectivity index (χ0) is 18.8. The molecule has 6 heteroatoms. The molecular formula is C20H30N2O4. The minimum Gasteiger partial charge on any atom is -0.493 e. The zero-order valence-corrected chi connectivity index (χ0v) is 16.4. The maximum Gasteiger partial charge on any atom is 0.317 e. The molecule has 2 amide bonds. The van der Waals surface area contributed by atoms with E-state index in [1.165, 1.54) is 25.7 Å². The summed E-state index contributed by atoms with van der Waals surface area (Å²) in [6.07, 6.45) is 5.00. The van der Waals surface area contributed by atoms with Crippen LogP contribution in [-0.4, -0.2) is 45.3 Å². The van der Waals surface area contributed by atoms with Crippen LogP contribution in [0.15, 0.2) is 12.1 Å². The van der Waals surface area contributed by atoms with Crippen LogP contribution in [0.25, 0.3) is 0 Å². The van der Waals surface area contributed by atoms with Crippen molar-refractivity contribution in [2.75, 3.05) is 28.4 Å². The largest absolute Gasteiger partial charge is 0.493 e. The average Bonchev–Trinajstić information content (AvgIpc) is 3.55. The molecule has 0 spiro atoms. The number of hydrogen-bond donors (Lipinski definition) is 1. The van der Waals surface area contributed by atoms with Crippen LogP contribution in [0.4, 0.5) is 4.79 Å². The van der Waals surface area contributed by atoms with E-state index in [1.807, 2.05) is 31.0 Å². The third-order valence-corrected chi connectivity index (χ3v) is 5.50. The lowest BCUT2D eigenvalue weighted by molar-refractivity contribution is 0.171. The summed E-state index contributed by atoms with van der Waals surface area (Å²) in [4.78, 5) is 14.7. The number of ether oxygens (including phenoxy) is 3. The topological polar surface area (TPSA) is 60.0 Å². The fourth-order valence-electron chi connectivity index (χ4n) is 3.75. The monoisotopic (exact) mass is 362 g/mol. The van der Waals surface area contributed by atoms with Crippen molar-refractivity contribution in [3.63, 3.8) is 0 Å². The van der Waals surface area contributed by atoms with Gasteiger partial charge in [-0.3, -0.25) is 0 Å². The highest BCUT2D eigenvalue weighted by molar-refractivity contribution is 5.75. The van der Waals surface area contributed by atoms with Gasteiger partial charge < -0.3 is 24.4 Å². The summed E-state index contributed by atoms with van der Waals surface area (Å²) in [5.41, 5.74) is 0.913. The molecule has 6 nitrogen and oxygen atoms in total. The molecule has 0 saturated heterocycles. The van der Waals surface area contributed by atoms with E-state index in [2.05, 4.69) is 5.32 Å². The molecule has 2 aliphatic rings. The second-order valence-corrected chi connectivity index (χ2v) is 7.41. The summed E-state index contributed by atoms with van der Waals surface area (Å²) < 4.78 is 16.2. The molecule has 144 valence electrons. The smallest absolute Gasteiger partial charge is 0.317 e. The first-order valence-electron chi connectivity index (χ1n) is 9.33. The Morgan fingerprint density at radius 3 is 1.92 bits per heavy atom. The van der Waals surface area contributed by atoms with Crippen molar-refractivity contribution in [3.05, 3.63) is 17.7 Å². The lowest BCUT2D eigenvalue weighted by Crippen LogP contribution is -2.46. The van der Waals surface area contributed by atoms with Crippen molar-refractivity contribution in [1.29, 1.82) is 0 Å². The molecule has 0 aliphatic heterocycles. The van der Waals surface area contributed by atoms with E-state index in [9.17, 15) is 4.79 Å². The minimum atomic E-state index is -0.169. The van der Waals surface area contributed by atoms with Crippen molar-refractivity contribution in [3.8, 4) is 17.2 Å². The fourth-order valence-corrected chi connectivity index (χ4v) is 3.75. The second kappa shape index (κ2) is 7.64. The molecule has 26 heavy (non-hydrogen) atoms. The van der Waals surface area contributed by atoms with E-state index in [0.717, 1.165) is 5.56 Å². The van der Waals surface area contributed by atoms with Crippen LogP contribution in [0.3, 0.4) is 0 Å². The standard InChI is InChI=1S/C20H30N2O4/c1-12(15-10-16(24-3)19(26-5)17(11-15)25-4)21-20(23)22(2)18(13-6-7-13)14-8-9-14/h10-14,18H,6-9H2,1-5H3,(H,21,23). The van der Waals surface area contributed by atoms with E-state index in [1.54, 1.807) is 21.3 Å². The molecule has 1 unspecified atom stereocenters. The first-order valence-corrected chi connectivity index (χ1v) is 9.33. The van der Waals surface area contributed by atoms with Gasteiger partial charge in [-0.25, -0.2) is 4.79 Å². The van der Waals surface area contributed by atoms with E-state index in [0.29, 0.717) is 35.1 Å². The molecule has 0 aromatic heterocycles. The fraction of sp³-hybridized carbons (Fsp3) is 0.650. The molecule has 2 saturated carbocycles. The average molecular weight is 362 g/mol. The lowest BCUT2D eigenvalue weighted by Gasteiger charge is -2.30. The summed E-state index contributed by atoms with van der Waals surface area (Å²) in [7, 11) is 6.69.